The second-order valence-electron chi connectivity index (χ2n) is 7.90. The molecule has 4 rings (SSSR count). The van der Waals surface area contributed by atoms with Crippen LogP contribution in [0, 0.1) is 5.92 Å². The lowest BCUT2D eigenvalue weighted by molar-refractivity contribution is -0.124. The van der Waals surface area contributed by atoms with Gasteiger partial charge < -0.3 is 9.84 Å². The summed E-state index contributed by atoms with van der Waals surface area (Å²) in [5.41, 5.74) is 2.67. The van der Waals surface area contributed by atoms with E-state index in [-0.39, 0.29) is 5.54 Å². The molecule has 1 fully saturated rings. The van der Waals surface area contributed by atoms with E-state index >= 15 is 0 Å². The number of thiazole rings is 1. The number of rotatable bonds is 4. The van der Waals surface area contributed by atoms with Gasteiger partial charge in [0.2, 0.25) is 0 Å². The number of amides is 1. The molecule has 0 unspecified atom stereocenters. The number of hydrogen-bond acceptors (Lipinski definition) is 5. The fourth-order valence-corrected chi connectivity index (χ4v) is 4.79. The molecule has 2 aliphatic rings. The van der Waals surface area contributed by atoms with Crippen molar-refractivity contribution in [2.45, 2.75) is 25.3 Å². The Labute approximate surface area is 163 Å². The second-order valence-corrected chi connectivity index (χ2v) is 9.02. The number of aromatic nitrogens is 1. The van der Waals surface area contributed by atoms with Crippen LogP contribution in [-0.2, 0) is 11.2 Å². The van der Waals surface area contributed by atoms with Gasteiger partial charge in [0.15, 0.2) is 0 Å². The Kier molecular flexibility index (Phi) is 4.70. The van der Waals surface area contributed by atoms with Crippen LogP contribution < -0.4 is 0 Å². The average molecular weight is 388 g/mol. The minimum Gasteiger partial charge on any atom is -0.465 e. The standard InChI is InChI=1S/C20H25N3O3S/c1-13-4-6-16(23(10-13)19(24)25)14-5-7-17-15(8-14)21-18(27-17)9-20(22(2)3)11-26-12-20/h5-8,13H,4,9-12H2,1-3H3,(H,24,25)/t13-/m0/s1. The molecule has 1 N–H and O–H groups in total. The van der Waals surface area contributed by atoms with Crippen LogP contribution in [0.4, 0.5) is 4.79 Å². The van der Waals surface area contributed by atoms with Gasteiger partial charge in [-0.2, -0.15) is 0 Å². The number of carbonyl (C=O) groups is 1. The molecule has 2 aliphatic heterocycles. The first kappa shape index (κ1) is 18.4. The van der Waals surface area contributed by atoms with Crippen molar-refractivity contribution in [3.8, 4) is 0 Å². The topological polar surface area (TPSA) is 65.9 Å². The minimum atomic E-state index is -0.898. The summed E-state index contributed by atoms with van der Waals surface area (Å²) >= 11 is 1.71. The van der Waals surface area contributed by atoms with E-state index in [1.807, 2.05) is 18.2 Å². The van der Waals surface area contributed by atoms with Crippen molar-refractivity contribution >= 4 is 33.3 Å². The highest BCUT2D eigenvalue weighted by molar-refractivity contribution is 7.18. The van der Waals surface area contributed by atoms with Gasteiger partial charge in [-0.1, -0.05) is 19.1 Å². The first-order chi connectivity index (χ1) is 12.9. The molecular formula is C20H25N3O3S. The monoisotopic (exact) mass is 387 g/mol. The molecule has 0 bridgehead atoms. The summed E-state index contributed by atoms with van der Waals surface area (Å²) in [6.45, 7) is 4.08. The van der Waals surface area contributed by atoms with Gasteiger partial charge in [-0.05, 0) is 38.6 Å². The highest BCUT2D eigenvalue weighted by Crippen LogP contribution is 2.34. The number of nitrogens with zero attached hydrogens (tertiary/aromatic N) is 3. The SMILES string of the molecule is C[C@H]1CC=C(c2ccc3sc(CC4(N(C)C)COC4)nc3c2)N(C(=O)O)C1. The lowest BCUT2D eigenvalue weighted by Crippen LogP contribution is -2.61. The van der Waals surface area contributed by atoms with E-state index in [1.54, 1.807) is 11.3 Å². The third-order valence-electron chi connectivity index (χ3n) is 5.63. The van der Waals surface area contributed by atoms with E-state index in [1.165, 1.54) is 4.90 Å². The maximum absolute atomic E-state index is 11.7. The average Bonchev–Trinajstić information content (AvgIpc) is 2.99. The van der Waals surface area contributed by atoms with Crippen LogP contribution in [0.15, 0.2) is 24.3 Å². The third-order valence-corrected chi connectivity index (χ3v) is 6.66. The molecule has 144 valence electrons. The van der Waals surface area contributed by atoms with E-state index in [9.17, 15) is 9.90 Å². The zero-order valence-electron chi connectivity index (χ0n) is 15.9. The first-order valence-electron chi connectivity index (χ1n) is 9.24. The molecule has 3 heterocycles. The molecule has 0 spiro atoms. The number of benzene rings is 1. The first-order valence-corrected chi connectivity index (χ1v) is 10.1. The minimum absolute atomic E-state index is 0.0405. The lowest BCUT2D eigenvalue weighted by Gasteiger charge is -2.46. The van der Waals surface area contributed by atoms with E-state index < -0.39 is 6.09 Å². The Morgan fingerprint density at radius 1 is 1.44 bits per heavy atom. The van der Waals surface area contributed by atoms with Crippen molar-refractivity contribution in [2.75, 3.05) is 33.9 Å². The summed E-state index contributed by atoms with van der Waals surface area (Å²) in [6.07, 6.45) is 2.90. The second kappa shape index (κ2) is 6.89. The van der Waals surface area contributed by atoms with Gasteiger partial charge in [-0.15, -0.1) is 11.3 Å². The highest BCUT2D eigenvalue weighted by Gasteiger charge is 2.41. The van der Waals surface area contributed by atoms with E-state index in [4.69, 9.17) is 9.72 Å². The van der Waals surface area contributed by atoms with Gasteiger partial charge in [0.25, 0.3) is 0 Å². The Morgan fingerprint density at radius 3 is 2.85 bits per heavy atom. The van der Waals surface area contributed by atoms with Gasteiger partial charge in [-0.3, -0.25) is 9.80 Å². The fraction of sp³-hybridized carbons (Fsp3) is 0.500. The Hall–Kier alpha value is -1.96. The van der Waals surface area contributed by atoms with Crippen LogP contribution in [0.1, 0.15) is 23.9 Å². The van der Waals surface area contributed by atoms with E-state index in [2.05, 4.69) is 32.0 Å². The molecule has 1 amide bonds. The van der Waals surface area contributed by atoms with Crippen molar-refractivity contribution in [1.82, 2.24) is 14.8 Å². The molecule has 6 nitrogen and oxygen atoms in total. The number of hydrogen-bond donors (Lipinski definition) is 1. The summed E-state index contributed by atoms with van der Waals surface area (Å²) < 4.78 is 6.59. The van der Waals surface area contributed by atoms with E-state index in [0.717, 1.165) is 52.5 Å². The molecule has 1 atom stereocenters. The lowest BCUT2D eigenvalue weighted by atomic mass is 9.92. The van der Waals surface area contributed by atoms with E-state index in [0.29, 0.717) is 12.5 Å². The molecule has 27 heavy (non-hydrogen) atoms. The van der Waals surface area contributed by atoms with Crippen LogP contribution in [0.3, 0.4) is 0 Å². The highest BCUT2D eigenvalue weighted by atomic mass is 32.1. The molecule has 7 heteroatoms. The predicted molar refractivity (Wildman–Crippen MR) is 107 cm³/mol. The maximum Gasteiger partial charge on any atom is 0.411 e. The summed E-state index contributed by atoms with van der Waals surface area (Å²) in [6, 6.07) is 6.09. The van der Waals surface area contributed by atoms with Crippen molar-refractivity contribution < 1.29 is 14.6 Å². The Bertz CT molecular complexity index is 901. The number of fused-ring (bicyclic) bond motifs is 1. The predicted octanol–water partition coefficient (Wildman–Crippen LogP) is 3.53. The van der Waals surface area contributed by atoms with Crippen LogP contribution in [-0.4, -0.2) is 65.4 Å². The van der Waals surface area contributed by atoms with Gasteiger partial charge >= 0.3 is 6.09 Å². The quantitative estimate of drug-likeness (QED) is 0.869. The fourth-order valence-electron chi connectivity index (χ4n) is 3.71. The maximum atomic E-state index is 11.7. The van der Waals surface area contributed by atoms with Gasteiger partial charge in [0, 0.05) is 18.5 Å². The third kappa shape index (κ3) is 3.35. The summed E-state index contributed by atoms with van der Waals surface area (Å²) in [7, 11) is 4.18. The molecule has 1 aromatic heterocycles. The van der Waals surface area contributed by atoms with Crippen molar-refractivity contribution in [3.63, 3.8) is 0 Å². The van der Waals surface area contributed by atoms with Crippen molar-refractivity contribution in [1.29, 1.82) is 0 Å². The van der Waals surface area contributed by atoms with Gasteiger partial charge in [0.05, 0.1) is 39.7 Å². The van der Waals surface area contributed by atoms with Crippen LogP contribution >= 0.6 is 11.3 Å². The summed E-state index contributed by atoms with van der Waals surface area (Å²) in [5.74, 6) is 0.339. The molecule has 0 radical (unpaired) electrons. The number of likely N-dealkylation sites (N-methyl/N-ethyl adjacent to an activating group) is 1. The van der Waals surface area contributed by atoms with Crippen molar-refractivity contribution in [3.05, 3.63) is 34.8 Å². The normalized spacial score (nSPS) is 22.0. The number of ether oxygens (including phenoxy) is 1. The molecule has 0 aliphatic carbocycles. The van der Waals surface area contributed by atoms with Crippen LogP contribution in [0.5, 0.6) is 0 Å². The zero-order chi connectivity index (χ0) is 19.2. The number of allylic oxidation sites excluding steroid dienone is 1. The zero-order valence-corrected chi connectivity index (χ0v) is 16.8. The molecule has 1 saturated heterocycles. The number of carboxylic acid groups (broad SMARTS) is 1. The molecular weight excluding hydrogens is 362 g/mol. The Balaban J connectivity index is 1.64. The van der Waals surface area contributed by atoms with Gasteiger partial charge in [-0.25, -0.2) is 9.78 Å². The smallest absolute Gasteiger partial charge is 0.411 e. The molecule has 2 aromatic rings. The Morgan fingerprint density at radius 2 is 2.22 bits per heavy atom. The summed E-state index contributed by atoms with van der Waals surface area (Å²) in [4.78, 5) is 20.2. The largest absolute Gasteiger partial charge is 0.465 e. The van der Waals surface area contributed by atoms with Gasteiger partial charge in [0.1, 0.15) is 0 Å². The molecule has 1 aromatic carbocycles. The van der Waals surface area contributed by atoms with Crippen LogP contribution in [0.25, 0.3) is 15.9 Å². The summed E-state index contributed by atoms with van der Waals surface area (Å²) in [5, 5.41) is 10.7. The molecule has 0 saturated carbocycles. The van der Waals surface area contributed by atoms with Crippen LogP contribution in [0.2, 0.25) is 0 Å². The van der Waals surface area contributed by atoms with Crippen molar-refractivity contribution in [2.24, 2.45) is 5.92 Å².